The molecule has 0 spiro atoms. The molecule has 0 amide bonds. The van der Waals surface area contributed by atoms with Crippen LogP contribution in [0, 0.1) is 0 Å². The Morgan fingerprint density at radius 1 is 1.40 bits per heavy atom. The van der Waals surface area contributed by atoms with Gasteiger partial charge < -0.3 is 0 Å². The third kappa shape index (κ3) is 2.69. The van der Waals surface area contributed by atoms with Gasteiger partial charge >= 0.3 is 0 Å². The summed E-state index contributed by atoms with van der Waals surface area (Å²) in [6.07, 6.45) is 2.36. The third-order valence-electron chi connectivity index (χ3n) is 3.86. The van der Waals surface area contributed by atoms with Crippen LogP contribution in [0.4, 0.5) is 0 Å². The summed E-state index contributed by atoms with van der Waals surface area (Å²) in [4.78, 5) is 2.21. The molecule has 0 bridgehead atoms. The van der Waals surface area contributed by atoms with Crippen molar-refractivity contribution >= 4 is 11.6 Å². The van der Waals surface area contributed by atoms with E-state index in [0.717, 1.165) is 23.0 Å². The molecule has 1 aromatic heterocycles. The maximum Gasteiger partial charge on any atom is 0.165 e. The van der Waals surface area contributed by atoms with Gasteiger partial charge in [0.15, 0.2) is 5.82 Å². The molecule has 1 heterocycles. The van der Waals surface area contributed by atoms with Crippen LogP contribution in [0.5, 0.6) is 0 Å². The minimum absolute atomic E-state index is 0.216. The van der Waals surface area contributed by atoms with Gasteiger partial charge in [-0.05, 0) is 48.9 Å². The average molecular weight is 292 g/mol. The topological polar surface area (TPSA) is 46.8 Å². The van der Waals surface area contributed by atoms with Crippen LogP contribution in [0.25, 0.3) is 0 Å². The summed E-state index contributed by atoms with van der Waals surface area (Å²) in [5.74, 6) is 0.925. The van der Waals surface area contributed by atoms with Crippen LogP contribution >= 0.6 is 11.6 Å². The number of benzene rings is 1. The molecule has 1 fully saturated rings. The number of nitrogens with zero attached hydrogens (tertiary/aromatic N) is 5. The molecule has 1 saturated carbocycles. The minimum Gasteiger partial charge on any atom is -0.292 e. The molecule has 0 N–H and O–H groups in total. The SMILES string of the molecule is C[C@H](c1ccccc1Cl)N(C)Cc1nnnn1C1CC1. The summed E-state index contributed by atoms with van der Waals surface area (Å²) < 4.78 is 1.95. The van der Waals surface area contributed by atoms with Crippen LogP contribution in [-0.4, -0.2) is 32.2 Å². The van der Waals surface area contributed by atoms with Gasteiger partial charge in [-0.15, -0.1) is 5.10 Å². The Labute approximate surface area is 123 Å². The third-order valence-corrected chi connectivity index (χ3v) is 4.21. The van der Waals surface area contributed by atoms with Crippen LogP contribution < -0.4 is 0 Å². The minimum atomic E-state index is 0.216. The maximum atomic E-state index is 6.26. The van der Waals surface area contributed by atoms with Gasteiger partial charge in [-0.1, -0.05) is 29.8 Å². The molecule has 0 unspecified atom stereocenters. The summed E-state index contributed by atoms with van der Waals surface area (Å²) in [5, 5.41) is 12.8. The smallest absolute Gasteiger partial charge is 0.165 e. The van der Waals surface area contributed by atoms with E-state index in [-0.39, 0.29) is 6.04 Å². The highest BCUT2D eigenvalue weighted by Gasteiger charge is 2.28. The van der Waals surface area contributed by atoms with Crippen molar-refractivity contribution in [2.24, 2.45) is 0 Å². The van der Waals surface area contributed by atoms with Crippen LogP contribution in [0.3, 0.4) is 0 Å². The van der Waals surface area contributed by atoms with Gasteiger partial charge in [-0.2, -0.15) is 0 Å². The fraction of sp³-hybridized carbons (Fsp3) is 0.500. The Morgan fingerprint density at radius 3 is 2.85 bits per heavy atom. The largest absolute Gasteiger partial charge is 0.292 e. The standard InChI is InChI=1S/C14H18ClN5/c1-10(12-5-3-4-6-13(12)15)19(2)9-14-16-17-18-20(14)11-7-8-11/h3-6,10-11H,7-9H2,1-2H3/t10-/m1/s1. The van der Waals surface area contributed by atoms with E-state index in [1.807, 2.05) is 22.9 Å². The fourth-order valence-electron chi connectivity index (χ4n) is 2.33. The number of hydrogen-bond acceptors (Lipinski definition) is 4. The molecule has 3 rings (SSSR count). The lowest BCUT2D eigenvalue weighted by molar-refractivity contribution is 0.242. The number of halogens is 1. The molecule has 5 nitrogen and oxygen atoms in total. The highest BCUT2D eigenvalue weighted by molar-refractivity contribution is 6.31. The lowest BCUT2D eigenvalue weighted by Crippen LogP contribution is -2.24. The van der Waals surface area contributed by atoms with E-state index < -0.39 is 0 Å². The predicted octanol–water partition coefficient (Wildman–Crippen LogP) is 2.85. The number of hydrogen-bond donors (Lipinski definition) is 0. The first kappa shape index (κ1) is 13.5. The van der Waals surface area contributed by atoms with Crippen LogP contribution in [0.1, 0.15) is 43.2 Å². The van der Waals surface area contributed by atoms with Crippen molar-refractivity contribution in [2.45, 2.75) is 38.4 Å². The summed E-state index contributed by atoms with van der Waals surface area (Å²) in [6, 6.07) is 8.67. The van der Waals surface area contributed by atoms with Crippen LogP contribution in [-0.2, 0) is 6.54 Å². The van der Waals surface area contributed by atoms with Crippen LogP contribution in [0.15, 0.2) is 24.3 Å². The van der Waals surface area contributed by atoms with E-state index >= 15 is 0 Å². The van der Waals surface area contributed by atoms with Gasteiger partial charge in [0.25, 0.3) is 0 Å². The van der Waals surface area contributed by atoms with Crippen molar-refractivity contribution in [1.82, 2.24) is 25.1 Å². The Kier molecular flexibility index (Phi) is 3.72. The quantitative estimate of drug-likeness (QED) is 0.850. The van der Waals surface area contributed by atoms with E-state index in [4.69, 9.17) is 11.6 Å². The molecule has 2 aromatic rings. The lowest BCUT2D eigenvalue weighted by atomic mass is 10.1. The number of tetrazole rings is 1. The molecule has 6 heteroatoms. The Hall–Kier alpha value is -1.46. The van der Waals surface area contributed by atoms with E-state index in [1.54, 1.807) is 0 Å². The van der Waals surface area contributed by atoms with Crippen molar-refractivity contribution in [3.63, 3.8) is 0 Å². The second-order valence-electron chi connectivity index (χ2n) is 5.38. The lowest BCUT2D eigenvalue weighted by Gasteiger charge is -2.25. The van der Waals surface area contributed by atoms with E-state index in [1.165, 1.54) is 12.8 Å². The van der Waals surface area contributed by atoms with E-state index in [0.29, 0.717) is 6.04 Å². The molecule has 1 aromatic carbocycles. The summed E-state index contributed by atoms with van der Waals surface area (Å²) in [6.45, 7) is 2.86. The second-order valence-corrected chi connectivity index (χ2v) is 5.79. The molecule has 0 saturated heterocycles. The second kappa shape index (κ2) is 5.50. The van der Waals surface area contributed by atoms with Crippen molar-refractivity contribution < 1.29 is 0 Å². The van der Waals surface area contributed by atoms with Crippen molar-refractivity contribution in [1.29, 1.82) is 0 Å². The Bertz CT molecular complexity index is 593. The number of aromatic nitrogens is 4. The van der Waals surface area contributed by atoms with Gasteiger partial charge in [0, 0.05) is 11.1 Å². The van der Waals surface area contributed by atoms with E-state index in [2.05, 4.69) is 40.5 Å². The zero-order valence-corrected chi connectivity index (χ0v) is 12.5. The van der Waals surface area contributed by atoms with Crippen molar-refractivity contribution in [2.75, 3.05) is 7.05 Å². The Morgan fingerprint density at radius 2 is 2.15 bits per heavy atom. The van der Waals surface area contributed by atoms with Gasteiger partial charge in [0.05, 0.1) is 12.6 Å². The fourth-order valence-corrected chi connectivity index (χ4v) is 2.62. The molecule has 0 radical (unpaired) electrons. The predicted molar refractivity (Wildman–Crippen MR) is 77.4 cm³/mol. The first-order chi connectivity index (χ1) is 9.66. The molecule has 106 valence electrons. The molecule has 1 aliphatic carbocycles. The molecule has 20 heavy (non-hydrogen) atoms. The monoisotopic (exact) mass is 291 g/mol. The molecular formula is C14H18ClN5. The molecule has 0 aliphatic heterocycles. The molecule has 1 aliphatic rings. The van der Waals surface area contributed by atoms with Gasteiger partial charge in [0.1, 0.15) is 0 Å². The maximum absolute atomic E-state index is 6.26. The highest BCUT2D eigenvalue weighted by atomic mass is 35.5. The summed E-state index contributed by atoms with van der Waals surface area (Å²) in [7, 11) is 2.07. The highest BCUT2D eigenvalue weighted by Crippen LogP contribution is 2.35. The van der Waals surface area contributed by atoms with E-state index in [9.17, 15) is 0 Å². The zero-order chi connectivity index (χ0) is 14.1. The van der Waals surface area contributed by atoms with Gasteiger partial charge in [-0.3, -0.25) is 4.90 Å². The first-order valence-corrected chi connectivity index (χ1v) is 7.26. The zero-order valence-electron chi connectivity index (χ0n) is 11.7. The average Bonchev–Trinajstić information content (AvgIpc) is 3.19. The normalized spacial score (nSPS) is 16.6. The van der Waals surface area contributed by atoms with Crippen molar-refractivity contribution in [3.8, 4) is 0 Å². The first-order valence-electron chi connectivity index (χ1n) is 6.88. The van der Waals surface area contributed by atoms with Crippen LogP contribution in [0.2, 0.25) is 5.02 Å². The van der Waals surface area contributed by atoms with Gasteiger partial charge in [-0.25, -0.2) is 4.68 Å². The van der Waals surface area contributed by atoms with Crippen molar-refractivity contribution in [3.05, 3.63) is 40.7 Å². The van der Waals surface area contributed by atoms with Gasteiger partial charge in [0.2, 0.25) is 0 Å². The molecule has 1 atom stereocenters. The molecular weight excluding hydrogens is 274 g/mol. The Balaban J connectivity index is 1.74. The summed E-state index contributed by atoms with van der Waals surface area (Å²) >= 11 is 6.26. The number of rotatable bonds is 5. The summed E-state index contributed by atoms with van der Waals surface area (Å²) in [5.41, 5.74) is 1.13.